The van der Waals surface area contributed by atoms with Crippen LogP contribution in [0.3, 0.4) is 0 Å². The molecule has 3 aromatic rings. The molecule has 0 aliphatic heterocycles. The topological polar surface area (TPSA) is 112 Å². The fourth-order valence-corrected chi connectivity index (χ4v) is 3.01. The maximum atomic E-state index is 8.38. The van der Waals surface area contributed by atoms with E-state index in [9.17, 15) is 0 Å². The largest absolute Gasteiger partial charge is 0.497 e. The van der Waals surface area contributed by atoms with E-state index in [1.807, 2.05) is 29.7 Å². The fourth-order valence-electron chi connectivity index (χ4n) is 3.01. The number of ether oxygens (including phenoxy) is 2. The van der Waals surface area contributed by atoms with Gasteiger partial charge in [0.15, 0.2) is 0 Å². The van der Waals surface area contributed by atoms with Crippen LogP contribution in [0.15, 0.2) is 30.3 Å². The number of nitrogens with zero attached hydrogens (tertiary/aromatic N) is 2. The highest BCUT2D eigenvalue weighted by molar-refractivity contribution is 5.93. The van der Waals surface area contributed by atoms with Crippen LogP contribution in [0, 0.1) is 12.3 Å². The molecule has 0 bridgehead atoms. The van der Waals surface area contributed by atoms with Crippen LogP contribution in [0.2, 0.25) is 0 Å². The lowest BCUT2D eigenvalue weighted by atomic mass is 10.1. The molecule has 5 N–H and O–H groups in total. The van der Waals surface area contributed by atoms with Gasteiger partial charge in [0.05, 0.1) is 26.3 Å². The predicted octanol–water partition coefficient (Wildman–Crippen LogP) is 2.05. The number of pyridine rings is 2. The van der Waals surface area contributed by atoms with Crippen LogP contribution in [-0.4, -0.2) is 23.8 Å². The lowest BCUT2D eigenvalue weighted by Gasteiger charge is -2.17. The first-order valence-electron chi connectivity index (χ1n) is 7.76. The van der Waals surface area contributed by atoms with Gasteiger partial charge >= 0.3 is 0 Å². The Morgan fingerprint density at radius 1 is 1.12 bits per heavy atom. The van der Waals surface area contributed by atoms with Crippen molar-refractivity contribution in [3.63, 3.8) is 0 Å². The average molecular weight is 339 g/mol. The third-order valence-corrected chi connectivity index (χ3v) is 4.24. The highest BCUT2D eigenvalue weighted by Crippen LogP contribution is 2.27. The van der Waals surface area contributed by atoms with Crippen molar-refractivity contribution in [1.82, 2.24) is 9.55 Å². The zero-order valence-corrected chi connectivity index (χ0v) is 14.5. The Morgan fingerprint density at radius 2 is 1.88 bits per heavy atom. The summed E-state index contributed by atoms with van der Waals surface area (Å²) in [5.74, 6) is 1.81. The molecule has 0 aliphatic carbocycles. The molecule has 0 saturated heterocycles. The summed E-state index contributed by atoms with van der Waals surface area (Å²) in [6, 6.07) is 8.90. The zero-order chi connectivity index (χ0) is 18.1. The molecule has 0 fully saturated rings. The minimum Gasteiger partial charge on any atom is -0.497 e. The quantitative estimate of drug-likeness (QED) is 0.673. The van der Waals surface area contributed by atoms with Gasteiger partial charge in [-0.15, -0.1) is 0 Å². The Labute approximate surface area is 145 Å². The van der Waals surface area contributed by atoms with Crippen molar-refractivity contribution < 1.29 is 9.47 Å². The summed E-state index contributed by atoms with van der Waals surface area (Å²) in [6.45, 7) is 2.37. The minimum atomic E-state index is 0.312. The van der Waals surface area contributed by atoms with Gasteiger partial charge in [-0.3, -0.25) is 5.41 Å². The van der Waals surface area contributed by atoms with Gasteiger partial charge in [0, 0.05) is 34.5 Å². The van der Waals surface area contributed by atoms with E-state index in [-0.39, 0.29) is 0 Å². The van der Waals surface area contributed by atoms with Crippen LogP contribution < -0.4 is 26.4 Å². The number of hydrogen-bond acceptors (Lipinski definition) is 6. The lowest BCUT2D eigenvalue weighted by Crippen LogP contribution is -2.23. The van der Waals surface area contributed by atoms with Crippen LogP contribution >= 0.6 is 0 Å². The van der Waals surface area contributed by atoms with E-state index in [4.69, 9.17) is 26.4 Å². The van der Waals surface area contributed by atoms with Crippen molar-refractivity contribution in [3.05, 3.63) is 47.1 Å². The highest BCUT2D eigenvalue weighted by atomic mass is 16.5. The van der Waals surface area contributed by atoms with E-state index >= 15 is 0 Å². The molecule has 0 spiro atoms. The van der Waals surface area contributed by atoms with E-state index < -0.39 is 0 Å². The van der Waals surface area contributed by atoms with Crippen LogP contribution in [-0.2, 0) is 6.54 Å². The Hall–Kier alpha value is -3.22. The maximum Gasteiger partial charge on any atom is 0.127 e. The second-order valence-corrected chi connectivity index (χ2v) is 5.78. The summed E-state index contributed by atoms with van der Waals surface area (Å²) in [5.41, 5.74) is 15.1. The molecule has 2 heterocycles. The van der Waals surface area contributed by atoms with Crippen molar-refractivity contribution in [2.24, 2.45) is 0 Å². The summed E-state index contributed by atoms with van der Waals surface area (Å²) < 4.78 is 12.6. The molecule has 0 atom stereocenters. The molecule has 2 aromatic heterocycles. The van der Waals surface area contributed by atoms with Gasteiger partial charge in [-0.2, -0.15) is 0 Å². The first kappa shape index (κ1) is 16.6. The Bertz CT molecular complexity index is 1010. The van der Waals surface area contributed by atoms with Gasteiger partial charge in [-0.1, -0.05) is 0 Å². The van der Waals surface area contributed by atoms with Crippen molar-refractivity contribution >= 4 is 22.4 Å². The maximum absolute atomic E-state index is 8.38. The van der Waals surface area contributed by atoms with E-state index in [2.05, 4.69) is 4.98 Å². The van der Waals surface area contributed by atoms with Gasteiger partial charge in [-0.25, -0.2) is 4.98 Å². The number of aromatic nitrogens is 2. The second-order valence-electron chi connectivity index (χ2n) is 5.78. The van der Waals surface area contributed by atoms with Crippen LogP contribution in [0.4, 0.5) is 11.5 Å². The SMILES string of the molecule is COc1ccc(OC)c(Cn2c(C)c3c(N)cc(N)nc3cc2=N)c1. The average Bonchev–Trinajstić information content (AvgIpc) is 2.57. The second kappa shape index (κ2) is 6.35. The molecule has 0 amide bonds. The molecule has 0 radical (unpaired) electrons. The molecule has 7 heteroatoms. The smallest absolute Gasteiger partial charge is 0.127 e. The van der Waals surface area contributed by atoms with Crippen LogP contribution in [0.1, 0.15) is 11.3 Å². The van der Waals surface area contributed by atoms with Gasteiger partial charge in [0.25, 0.3) is 0 Å². The summed E-state index contributed by atoms with van der Waals surface area (Å²) >= 11 is 0. The van der Waals surface area contributed by atoms with Gasteiger partial charge in [-0.05, 0) is 25.1 Å². The molecule has 0 aliphatic rings. The van der Waals surface area contributed by atoms with E-state index in [1.165, 1.54) is 0 Å². The summed E-state index contributed by atoms with van der Waals surface area (Å²) in [4.78, 5) is 4.29. The Kier molecular flexibility index (Phi) is 4.22. The van der Waals surface area contributed by atoms with Crippen molar-refractivity contribution in [2.45, 2.75) is 13.5 Å². The van der Waals surface area contributed by atoms with Crippen molar-refractivity contribution in [3.8, 4) is 11.5 Å². The number of fused-ring (bicyclic) bond motifs is 1. The van der Waals surface area contributed by atoms with Gasteiger partial charge in [0.1, 0.15) is 22.8 Å². The number of nitrogens with two attached hydrogens (primary N) is 2. The normalized spacial score (nSPS) is 10.8. The number of rotatable bonds is 4. The first-order valence-corrected chi connectivity index (χ1v) is 7.76. The van der Waals surface area contributed by atoms with Gasteiger partial charge in [0.2, 0.25) is 0 Å². The number of methoxy groups -OCH3 is 2. The van der Waals surface area contributed by atoms with Crippen LogP contribution in [0.25, 0.3) is 10.9 Å². The standard InChI is InChI=1S/C18H21N5O2/c1-10-18-13(19)7-16(20)22-14(18)8-17(21)23(10)9-11-6-12(24-2)4-5-15(11)25-3/h4-8,21H,9,19H2,1-3H3,(H2,20,22). The molecule has 1 aromatic carbocycles. The molecular weight excluding hydrogens is 318 g/mol. The molecule has 7 nitrogen and oxygen atoms in total. The summed E-state index contributed by atoms with van der Waals surface area (Å²) in [6.07, 6.45) is 0. The minimum absolute atomic E-state index is 0.312. The first-order chi connectivity index (χ1) is 11.9. The molecule has 0 unspecified atom stereocenters. The Balaban J connectivity index is 2.19. The molecule has 3 rings (SSSR count). The van der Waals surface area contributed by atoms with Crippen molar-refractivity contribution in [2.75, 3.05) is 25.7 Å². The fraction of sp³-hybridized carbons (Fsp3) is 0.222. The monoisotopic (exact) mass is 339 g/mol. The third kappa shape index (κ3) is 2.96. The van der Waals surface area contributed by atoms with Gasteiger partial charge < -0.3 is 25.5 Å². The van der Waals surface area contributed by atoms with E-state index in [0.717, 1.165) is 28.1 Å². The number of nitrogen functional groups attached to an aromatic ring is 2. The summed E-state index contributed by atoms with van der Waals surface area (Å²) in [7, 11) is 3.24. The molecular formula is C18H21N5O2. The molecule has 25 heavy (non-hydrogen) atoms. The van der Waals surface area contributed by atoms with E-state index in [0.29, 0.717) is 29.1 Å². The number of aryl methyl sites for hydroxylation is 1. The molecule has 0 saturated carbocycles. The summed E-state index contributed by atoms with van der Waals surface area (Å²) in [5, 5.41) is 9.18. The Morgan fingerprint density at radius 3 is 2.56 bits per heavy atom. The number of nitrogens with one attached hydrogen (secondary N) is 1. The van der Waals surface area contributed by atoms with Crippen molar-refractivity contribution in [1.29, 1.82) is 5.41 Å². The zero-order valence-electron chi connectivity index (χ0n) is 14.5. The van der Waals surface area contributed by atoms with Crippen LogP contribution in [0.5, 0.6) is 11.5 Å². The highest BCUT2D eigenvalue weighted by Gasteiger charge is 2.12. The predicted molar refractivity (Wildman–Crippen MR) is 97.8 cm³/mol. The number of hydrogen-bond donors (Lipinski definition) is 3. The number of anilines is 2. The lowest BCUT2D eigenvalue weighted by molar-refractivity contribution is 0.397. The molecule has 130 valence electrons. The third-order valence-electron chi connectivity index (χ3n) is 4.24. The number of benzene rings is 1. The van der Waals surface area contributed by atoms with E-state index in [1.54, 1.807) is 26.4 Å².